The average Bonchev–Trinajstić information content (AvgIpc) is 3.01. The summed E-state index contributed by atoms with van der Waals surface area (Å²) in [6, 6.07) is 14.5. The zero-order valence-corrected chi connectivity index (χ0v) is 17.3. The monoisotopic (exact) mass is 386 g/mol. The van der Waals surface area contributed by atoms with Gasteiger partial charge in [0.1, 0.15) is 9.57 Å². The fourth-order valence-corrected chi connectivity index (χ4v) is 5.53. The van der Waals surface area contributed by atoms with Crippen molar-refractivity contribution < 1.29 is 5.11 Å². The first-order valence-electron chi connectivity index (χ1n) is 8.33. The van der Waals surface area contributed by atoms with Gasteiger partial charge >= 0.3 is 0 Å². The summed E-state index contributed by atoms with van der Waals surface area (Å²) in [5.74, 6) is 0.638. The molecule has 1 aromatic heterocycles. The lowest BCUT2D eigenvalue weighted by Gasteiger charge is -2.29. The van der Waals surface area contributed by atoms with Gasteiger partial charge in [-0.05, 0) is 34.7 Å². The summed E-state index contributed by atoms with van der Waals surface area (Å²) in [5.41, 5.74) is 5.00. The molecule has 3 rings (SSSR count). The Bertz CT molecular complexity index is 933. The number of phenolic OH excluding ortho intramolecular Hbond substituents is 1. The van der Waals surface area contributed by atoms with Gasteiger partial charge in [-0.1, -0.05) is 90.9 Å². The molecule has 0 spiro atoms. The molecule has 0 unspecified atom stereocenters. The van der Waals surface area contributed by atoms with E-state index >= 15 is 0 Å². The molecule has 130 valence electrons. The van der Waals surface area contributed by atoms with Crippen LogP contribution in [-0.2, 0) is 5.41 Å². The van der Waals surface area contributed by atoms with Gasteiger partial charge in [0.2, 0.25) is 0 Å². The van der Waals surface area contributed by atoms with E-state index in [-0.39, 0.29) is 11.3 Å². The third-order valence-electron chi connectivity index (χ3n) is 4.75. The van der Waals surface area contributed by atoms with Gasteiger partial charge in [-0.3, -0.25) is 0 Å². The molecule has 25 heavy (non-hydrogen) atoms. The van der Waals surface area contributed by atoms with E-state index in [1.807, 2.05) is 18.2 Å². The molecule has 4 heteroatoms. The molecule has 0 radical (unpaired) electrons. The Balaban J connectivity index is 2.27. The lowest BCUT2D eigenvalue weighted by Crippen LogP contribution is -2.19. The third kappa shape index (κ3) is 3.43. The number of hydrogen-bond acceptors (Lipinski definition) is 4. The fourth-order valence-electron chi connectivity index (χ4n) is 3.13. The molecule has 1 nitrogen and oxygen atoms in total. The number of aromatic hydroxyl groups is 1. The van der Waals surface area contributed by atoms with E-state index in [4.69, 9.17) is 12.2 Å². The second kappa shape index (κ2) is 7.02. The number of benzene rings is 2. The summed E-state index contributed by atoms with van der Waals surface area (Å²) in [5, 5.41) is 13.1. The van der Waals surface area contributed by atoms with Crippen molar-refractivity contribution in [3.63, 3.8) is 0 Å². The molecule has 0 bridgehead atoms. The summed E-state index contributed by atoms with van der Waals surface area (Å²) >= 11 is 5.51. The van der Waals surface area contributed by atoms with Crippen LogP contribution in [0.4, 0.5) is 0 Å². The molecule has 0 aliphatic heterocycles. The van der Waals surface area contributed by atoms with Crippen LogP contribution in [0.3, 0.4) is 0 Å². The van der Waals surface area contributed by atoms with Gasteiger partial charge in [-0.25, -0.2) is 0 Å². The Labute approximate surface area is 162 Å². The van der Waals surface area contributed by atoms with Gasteiger partial charge < -0.3 is 5.11 Å². The van der Waals surface area contributed by atoms with Crippen molar-refractivity contribution in [2.75, 3.05) is 0 Å². The van der Waals surface area contributed by atoms with E-state index < -0.39 is 0 Å². The van der Waals surface area contributed by atoms with Crippen LogP contribution in [-0.4, -0.2) is 5.11 Å². The van der Waals surface area contributed by atoms with Crippen molar-refractivity contribution in [2.45, 2.75) is 39.0 Å². The highest BCUT2D eigenvalue weighted by molar-refractivity contribution is 7.79. The van der Waals surface area contributed by atoms with Gasteiger partial charge in [0.15, 0.2) is 0 Å². The minimum absolute atomic E-state index is 0.237. The molecule has 0 saturated heterocycles. The van der Waals surface area contributed by atoms with Crippen LogP contribution >= 0.6 is 32.9 Å². The lowest BCUT2D eigenvalue weighted by atomic mass is 9.75. The predicted molar refractivity (Wildman–Crippen MR) is 113 cm³/mol. The first-order valence-corrected chi connectivity index (χ1v) is 11.0. The molecule has 2 aromatic carbocycles. The minimum atomic E-state index is -0.300. The largest absolute Gasteiger partial charge is 0.507 e. The van der Waals surface area contributed by atoms with E-state index in [0.29, 0.717) is 5.75 Å². The van der Waals surface area contributed by atoms with Crippen LogP contribution in [0, 0.1) is 3.82 Å². The quantitative estimate of drug-likeness (QED) is 0.373. The average molecular weight is 387 g/mol. The molecule has 0 atom stereocenters. The van der Waals surface area contributed by atoms with Gasteiger partial charge in [-0.2, -0.15) is 0 Å². The van der Waals surface area contributed by atoms with Gasteiger partial charge in [0.25, 0.3) is 0 Å². The van der Waals surface area contributed by atoms with E-state index in [0.717, 1.165) is 26.1 Å². The second-order valence-electron chi connectivity index (χ2n) is 7.11. The number of hydrogen-bond donors (Lipinski definition) is 1. The molecule has 0 fully saturated rings. The Hall–Kier alpha value is -1.49. The highest BCUT2D eigenvalue weighted by Crippen LogP contribution is 2.43. The van der Waals surface area contributed by atoms with Crippen molar-refractivity contribution in [1.29, 1.82) is 0 Å². The van der Waals surface area contributed by atoms with Crippen LogP contribution in [0.1, 0.15) is 50.3 Å². The Kier molecular flexibility index (Phi) is 5.14. The maximum Gasteiger partial charge on any atom is 0.123 e. The van der Waals surface area contributed by atoms with Crippen molar-refractivity contribution in [1.82, 2.24) is 0 Å². The standard InChI is InChI=1S/C21H22OS3/c1-13(2)16-10-14(17-12-24-25-20(17)23)11-18(19(16)22)21(3,4)15-8-6-5-7-9-15/h5-13,22H,1-4H3. The molecule has 3 aromatic rings. The Morgan fingerprint density at radius 1 is 1.08 bits per heavy atom. The molecule has 0 aliphatic rings. The van der Waals surface area contributed by atoms with Gasteiger partial charge in [0, 0.05) is 21.9 Å². The molecule has 0 aliphatic carbocycles. The van der Waals surface area contributed by atoms with Crippen LogP contribution < -0.4 is 0 Å². The van der Waals surface area contributed by atoms with Crippen LogP contribution in [0.5, 0.6) is 5.75 Å². The Morgan fingerprint density at radius 3 is 2.32 bits per heavy atom. The molecule has 0 amide bonds. The topological polar surface area (TPSA) is 20.2 Å². The maximum absolute atomic E-state index is 11.0. The first kappa shape index (κ1) is 18.3. The van der Waals surface area contributed by atoms with Gasteiger partial charge in [-0.15, -0.1) is 0 Å². The van der Waals surface area contributed by atoms with Gasteiger partial charge in [0.05, 0.1) is 0 Å². The van der Waals surface area contributed by atoms with E-state index in [1.165, 1.54) is 5.56 Å². The van der Waals surface area contributed by atoms with E-state index in [2.05, 4.69) is 57.3 Å². The summed E-state index contributed by atoms with van der Waals surface area (Å²) < 4.78 is 0.911. The van der Waals surface area contributed by atoms with Crippen LogP contribution in [0.2, 0.25) is 0 Å². The zero-order chi connectivity index (χ0) is 18.2. The molecule has 1 heterocycles. The second-order valence-corrected chi connectivity index (χ2v) is 9.85. The van der Waals surface area contributed by atoms with E-state index in [1.54, 1.807) is 20.7 Å². The molecular formula is C21H22OS3. The summed E-state index contributed by atoms with van der Waals surface area (Å²) in [7, 11) is 3.29. The highest BCUT2D eigenvalue weighted by Gasteiger charge is 2.29. The maximum atomic E-state index is 11.0. The predicted octanol–water partition coefficient (Wildman–Crippen LogP) is 7.36. The van der Waals surface area contributed by atoms with Crippen molar-refractivity contribution in [3.05, 3.63) is 68.4 Å². The lowest BCUT2D eigenvalue weighted by molar-refractivity contribution is 0.443. The minimum Gasteiger partial charge on any atom is -0.507 e. The van der Waals surface area contributed by atoms with Crippen LogP contribution in [0.15, 0.2) is 47.8 Å². The highest BCUT2D eigenvalue weighted by atomic mass is 32.9. The van der Waals surface area contributed by atoms with Crippen molar-refractivity contribution >= 4 is 32.9 Å². The third-order valence-corrected chi connectivity index (χ3v) is 7.41. The molecule has 0 saturated carbocycles. The molecular weight excluding hydrogens is 364 g/mol. The fraction of sp³-hybridized carbons (Fsp3) is 0.286. The Morgan fingerprint density at radius 2 is 1.76 bits per heavy atom. The first-order chi connectivity index (χ1) is 11.8. The summed E-state index contributed by atoms with van der Waals surface area (Å²) in [6.07, 6.45) is 0. The van der Waals surface area contributed by atoms with Crippen molar-refractivity contribution in [2.24, 2.45) is 0 Å². The SMILES string of the molecule is CC(C)c1cc(-c2cssc2=S)cc(C(C)(C)c2ccccc2)c1O. The normalized spacial score (nSPS) is 11.9. The summed E-state index contributed by atoms with van der Waals surface area (Å²) in [6.45, 7) is 8.55. The number of rotatable bonds is 4. The van der Waals surface area contributed by atoms with Crippen LogP contribution in [0.25, 0.3) is 11.1 Å². The molecule has 1 N–H and O–H groups in total. The number of phenols is 1. The zero-order valence-electron chi connectivity index (χ0n) is 14.9. The summed E-state index contributed by atoms with van der Waals surface area (Å²) in [4.78, 5) is 0. The van der Waals surface area contributed by atoms with Crippen molar-refractivity contribution in [3.8, 4) is 16.9 Å². The smallest absolute Gasteiger partial charge is 0.123 e. The van der Waals surface area contributed by atoms with E-state index in [9.17, 15) is 5.11 Å².